The van der Waals surface area contributed by atoms with Crippen molar-refractivity contribution in [1.82, 2.24) is 4.90 Å². The molecule has 0 unspecified atom stereocenters. The zero-order valence-corrected chi connectivity index (χ0v) is 11.4. The molecule has 0 saturated carbocycles. The molecule has 0 fully saturated rings. The predicted octanol–water partition coefficient (Wildman–Crippen LogP) is 1.59. The fourth-order valence-corrected chi connectivity index (χ4v) is 2.11. The van der Waals surface area contributed by atoms with E-state index in [9.17, 15) is 9.59 Å². The number of ether oxygens (including phenoxy) is 1. The summed E-state index contributed by atoms with van der Waals surface area (Å²) >= 11 is 1.28. The Balaban J connectivity index is 1.83. The third-order valence-electron chi connectivity index (χ3n) is 2.77. The van der Waals surface area contributed by atoms with Gasteiger partial charge >= 0.3 is 0 Å². The number of carbonyl (C=O) groups excluding carboxylic acids is 2. The number of rotatable bonds is 7. The van der Waals surface area contributed by atoms with Crippen LogP contribution < -0.4 is 0 Å². The number of nitrogens with zero attached hydrogens (tertiary/aromatic N) is 1. The Morgan fingerprint density at radius 3 is 2.26 bits per heavy atom. The zero-order valence-electron chi connectivity index (χ0n) is 10.6. The molecule has 1 heterocycles. The van der Waals surface area contributed by atoms with Gasteiger partial charge in [0.1, 0.15) is 0 Å². The standard InChI is InChI=1S/C13H15NO4S/c1-19-18-9-8-17-7-6-14-12(15)10-4-2-3-5-11(10)13(14)16/h2-5H,6-9H2,1H3. The minimum absolute atomic E-state index is 0.246. The molecule has 5 nitrogen and oxygen atoms in total. The number of hydrogen-bond acceptors (Lipinski definition) is 5. The molecule has 1 aromatic carbocycles. The first-order valence-corrected chi connectivity index (χ1v) is 7.09. The molecule has 102 valence electrons. The number of amides is 2. The van der Waals surface area contributed by atoms with Crippen LogP contribution in [-0.2, 0) is 8.92 Å². The van der Waals surface area contributed by atoms with E-state index in [2.05, 4.69) is 0 Å². The van der Waals surface area contributed by atoms with E-state index in [4.69, 9.17) is 8.92 Å². The van der Waals surface area contributed by atoms with E-state index >= 15 is 0 Å². The van der Waals surface area contributed by atoms with E-state index in [-0.39, 0.29) is 18.4 Å². The minimum atomic E-state index is -0.246. The molecule has 0 aromatic heterocycles. The number of carbonyl (C=O) groups is 2. The molecule has 6 heteroatoms. The molecule has 1 aliphatic heterocycles. The Hall–Kier alpha value is -1.37. The van der Waals surface area contributed by atoms with Gasteiger partial charge in [-0.2, -0.15) is 0 Å². The lowest BCUT2D eigenvalue weighted by Crippen LogP contribution is -2.33. The molecule has 0 aliphatic carbocycles. The maximum Gasteiger partial charge on any atom is 0.261 e. The topological polar surface area (TPSA) is 55.8 Å². The molecule has 19 heavy (non-hydrogen) atoms. The van der Waals surface area contributed by atoms with Gasteiger partial charge in [0.15, 0.2) is 0 Å². The van der Waals surface area contributed by atoms with Gasteiger partial charge in [-0.15, -0.1) is 0 Å². The first-order valence-electron chi connectivity index (χ1n) is 5.94. The van der Waals surface area contributed by atoms with Crippen LogP contribution in [-0.4, -0.2) is 49.3 Å². The van der Waals surface area contributed by atoms with E-state index < -0.39 is 0 Å². The van der Waals surface area contributed by atoms with Gasteiger partial charge in [-0.1, -0.05) is 12.1 Å². The van der Waals surface area contributed by atoms with E-state index in [0.717, 1.165) is 0 Å². The summed E-state index contributed by atoms with van der Waals surface area (Å²) < 4.78 is 10.4. The summed E-state index contributed by atoms with van der Waals surface area (Å²) in [6.07, 6.45) is 1.83. The fraction of sp³-hybridized carbons (Fsp3) is 0.385. The molecule has 1 aliphatic rings. The summed E-state index contributed by atoms with van der Waals surface area (Å²) in [5, 5.41) is 0. The van der Waals surface area contributed by atoms with Crippen molar-refractivity contribution in [2.24, 2.45) is 0 Å². The second kappa shape index (κ2) is 6.70. The van der Waals surface area contributed by atoms with Gasteiger partial charge in [-0.3, -0.25) is 14.5 Å². The van der Waals surface area contributed by atoms with Crippen LogP contribution in [0.1, 0.15) is 20.7 Å². The minimum Gasteiger partial charge on any atom is -0.377 e. The summed E-state index contributed by atoms with van der Waals surface area (Å²) in [5.74, 6) is -0.492. The van der Waals surface area contributed by atoms with Crippen molar-refractivity contribution in [2.45, 2.75) is 0 Å². The predicted molar refractivity (Wildman–Crippen MR) is 72.1 cm³/mol. The van der Waals surface area contributed by atoms with Crippen molar-refractivity contribution in [2.75, 3.05) is 32.6 Å². The fourth-order valence-electron chi connectivity index (χ4n) is 1.88. The van der Waals surface area contributed by atoms with E-state index in [1.54, 1.807) is 24.3 Å². The average molecular weight is 281 g/mol. The number of imide groups is 1. The largest absolute Gasteiger partial charge is 0.377 e. The van der Waals surface area contributed by atoms with Gasteiger partial charge in [0, 0.05) is 6.26 Å². The highest BCUT2D eigenvalue weighted by atomic mass is 32.2. The van der Waals surface area contributed by atoms with Crippen molar-refractivity contribution in [3.8, 4) is 0 Å². The van der Waals surface area contributed by atoms with Gasteiger partial charge in [0.05, 0.1) is 37.5 Å². The van der Waals surface area contributed by atoms with Crippen molar-refractivity contribution in [3.63, 3.8) is 0 Å². The quantitative estimate of drug-likeness (QED) is 0.431. The third kappa shape index (κ3) is 3.15. The maximum atomic E-state index is 12.0. The van der Waals surface area contributed by atoms with Gasteiger partial charge < -0.3 is 8.92 Å². The van der Waals surface area contributed by atoms with Crippen molar-refractivity contribution < 1.29 is 18.5 Å². The lowest BCUT2D eigenvalue weighted by Gasteiger charge is -2.13. The Bertz CT molecular complexity index is 442. The number of fused-ring (bicyclic) bond motifs is 1. The second-order valence-electron chi connectivity index (χ2n) is 3.91. The van der Waals surface area contributed by atoms with Crippen LogP contribution >= 0.6 is 12.0 Å². The maximum absolute atomic E-state index is 12.0. The molecule has 0 bridgehead atoms. The Morgan fingerprint density at radius 2 is 1.68 bits per heavy atom. The van der Waals surface area contributed by atoms with Crippen LogP contribution in [0.4, 0.5) is 0 Å². The van der Waals surface area contributed by atoms with Gasteiger partial charge in [-0.05, 0) is 24.2 Å². The monoisotopic (exact) mass is 281 g/mol. The lowest BCUT2D eigenvalue weighted by atomic mass is 10.1. The molecule has 2 amide bonds. The van der Waals surface area contributed by atoms with Gasteiger partial charge in [0.25, 0.3) is 11.8 Å². The molecule has 2 rings (SSSR count). The van der Waals surface area contributed by atoms with Gasteiger partial charge in [0.2, 0.25) is 0 Å². The molecule has 0 saturated heterocycles. The Morgan fingerprint density at radius 1 is 1.05 bits per heavy atom. The summed E-state index contributed by atoms with van der Waals surface area (Å²) in [4.78, 5) is 25.2. The Labute approximate surface area is 116 Å². The normalized spacial score (nSPS) is 14.1. The van der Waals surface area contributed by atoms with E-state index in [1.807, 2.05) is 6.26 Å². The van der Waals surface area contributed by atoms with Crippen LogP contribution in [0.2, 0.25) is 0 Å². The smallest absolute Gasteiger partial charge is 0.261 e. The highest BCUT2D eigenvalue weighted by Gasteiger charge is 2.34. The van der Waals surface area contributed by atoms with Crippen LogP contribution in [0.5, 0.6) is 0 Å². The SMILES string of the molecule is CSOCCOCCN1C(=O)c2ccccc2C1=O. The average Bonchev–Trinajstić information content (AvgIpc) is 2.68. The van der Waals surface area contributed by atoms with Gasteiger partial charge in [-0.25, -0.2) is 0 Å². The highest BCUT2D eigenvalue weighted by Crippen LogP contribution is 2.21. The molecule has 0 N–H and O–H groups in total. The van der Waals surface area contributed by atoms with E-state index in [0.29, 0.717) is 30.9 Å². The van der Waals surface area contributed by atoms with E-state index in [1.165, 1.54) is 16.9 Å². The highest BCUT2D eigenvalue weighted by molar-refractivity contribution is 7.93. The first kappa shape index (κ1) is 14.0. The molecule has 0 atom stereocenters. The Kier molecular flexibility index (Phi) is 4.95. The number of benzene rings is 1. The van der Waals surface area contributed by atoms with Crippen LogP contribution in [0.3, 0.4) is 0 Å². The first-order chi connectivity index (χ1) is 9.25. The molecular formula is C13H15NO4S. The van der Waals surface area contributed by atoms with Crippen molar-refractivity contribution in [3.05, 3.63) is 35.4 Å². The summed E-state index contributed by atoms with van der Waals surface area (Å²) in [6, 6.07) is 6.85. The van der Waals surface area contributed by atoms with Crippen molar-refractivity contribution >= 4 is 23.9 Å². The zero-order chi connectivity index (χ0) is 13.7. The molecular weight excluding hydrogens is 266 g/mol. The summed E-state index contributed by atoms with van der Waals surface area (Å²) in [6.45, 7) is 1.53. The summed E-state index contributed by atoms with van der Waals surface area (Å²) in [7, 11) is 0. The lowest BCUT2D eigenvalue weighted by molar-refractivity contribution is 0.0537. The van der Waals surface area contributed by atoms with Crippen LogP contribution in [0.25, 0.3) is 0 Å². The summed E-state index contributed by atoms with van der Waals surface area (Å²) in [5.41, 5.74) is 0.941. The molecule has 0 spiro atoms. The molecule has 0 radical (unpaired) electrons. The number of hydrogen-bond donors (Lipinski definition) is 0. The second-order valence-corrected chi connectivity index (χ2v) is 4.48. The third-order valence-corrected chi connectivity index (χ3v) is 3.17. The van der Waals surface area contributed by atoms with Crippen LogP contribution in [0.15, 0.2) is 24.3 Å². The van der Waals surface area contributed by atoms with Crippen molar-refractivity contribution in [1.29, 1.82) is 0 Å². The molecule has 1 aromatic rings. The van der Waals surface area contributed by atoms with Crippen LogP contribution in [0, 0.1) is 0 Å².